The van der Waals surface area contributed by atoms with Crippen molar-refractivity contribution in [3.8, 4) is 0 Å². The van der Waals surface area contributed by atoms with Gasteiger partial charge in [0.2, 0.25) is 0 Å². The number of rotatable bonds is 4. The van der Waals surface area contributed by atoms with Gasteiger partial charge in [-0.2, -0.15) is 0 Å². The molecule has 4 aliphatic rings. The smallest absolute Gasteiger partial charge is 0.0208 e. The molecule has 0 unspecified atom stereocenters. The highest BCUT2D eigenvalue weighted by molar-refractivity contribution is 5.25. The highest BCUT2D eigenvalue weighted by Gasteiger charge is 2.50. The number of hydrogen-bond acceptors (Lipinski definition) is 1. The molecule has 0 spiro atoms. The van der Waals surface area contributed by atoms with E-state index in [0.29, 0.717) is 5.41 Å². The van der Waals surface area contributed by atoms with Crippen molar-refractivity contribution in [2.45, 2.75) is 52.0 Å². The topological polar surface area (TPSA) is 12.0 Å². The first-order chi connectivity index (χ1) is 9.72. The molecule has 4 saturated carbocycles. The van der Waals surface area contributed by atoms with E-state index in [-0.39, 0.29) is 0 Å². The quantitative estimate of drug-likeness (QED) is 0.859. The van der Waals surface area contributed by atoms with Crippen LogP contribution in [0.2, 0.25) is 0 Å². The molecular formula is C19H27N. The Morgan fingerprint density at radius 3 is 2.20 bits per heavy atom. The van der Waals surface area contributed by atoms with Gasteiger partial charge >= 0.3 is 0 Å². The SMILES string of the molecule is Cc1ccccc1CNCC12CC3CC(CC(C3)C1)C2. The van der Waals surface area contributed by atoms with E-state index < -0.39 is 0 Å². The van der Waals surface area contributed by atoms with Gasteiger partial charge in [0.25, 0.3) is 0 Å². The first kappa shape index (κ1) is 12.9. The van der Waals surface area contributed by atoms with Gasteiger partial charge in [0.05, 0.1) is 0 Å². The fourth-order valence-electron chi connectivity index (χ4n) is 5.78. The molecule has 1 heteroatoms. The maximum Gasteiger partial charge on any atom is 0.0208 e. The van der Waals surface area contributed by atoms with Crippen LogP contribution in [0.3, 0.4) is 0 Å². The highest BCUT2D eigenvalue weighted by atomic mass is 14.9. The molecule has 0 amide bonds. The van der Waals surface area contributed by atoms with Crippen molar-refractivity contribution in [3.05, 3.63) is 35.4 Å². The number of aryl methyl sites for hydroxylation is 1. The summed E-state index contributed by atoms with van der Waals surface area (Å²) in [4.78, 5) is 0. The van der Waals surface area contributed by atoms with Crippen molar-refractivity contribution in [1.82, 2.24) is 5.32 Å². The second-order valence-electron chi connectivity index (χ2n) is 7.95. The van der Waals surface area contributed by atoms with Gasteiger partial charge in [-0.05, 0) is 79.7 Å². The van der Waals surface area contributed by atoms with Gasteiger partial charge in [-0.15, -0.1) is 0 Å². The zero-order valence-corrected chi connectivity index (χ0v) is 12.7. The van der Waals surface area contributed by atoms with E-state index in [0.717, 1.165) is 24.3 Å². The Kier molecular flexibility index (Phi) is 3.14. The Morgan fingerprint density at radius 1 is 1.00 bits per heavy atom. The molecule has 4 fully saturated rings. The van der Waals surface area contributed by atoms with Crippen LogP contribution in [0.4, 0.5) is 0 Å². The molecule has 0 saturated heterocycles. The molecule has 0 atom stereocenters. The summed E-state index contributed by atoms with van der Waals surface area (Å²) < 4.78 is 0. The Balaban J connectivity index is 1.39. The van der Waals surface area contributed by atoms with Gasteiger partial charge < -0.3 is 5.32 Å². The van der Waals surface area contributed by atoms with E-state index in [1.165, 1.54) is 36.9 Å². The van der Waals surface area contributed by atoms with Crippen molar-refractivity contribution in [2.24, 2.45) is 23.2 Å². The molecule has 5 rings (SSSR count). The molecule has 0 aromatic heterocycles. The predicted molar refractivity (Wildman–Crippen MR) is 83.5 cm³/mol. The third-order valence-corrected chi connectivity index (χ3v) is 6.24. The summed E-state index contributed by atoms with van der Waals surface area (Å²) >= 11 is 0. The van der Waals surface area contributed by atoms with Crippen LogP contribution in [0, 0.1) is 30.1 Å². The summed E-state index contributed by atoms with van der Waals surface area (Å²) in [5.41, 5.74) is 3.56. The maximum atomic E-state index is 3.80. The van der Waals surface area contributed by atoms with E-state index in [1.807, 2.05) is 0 Å². The Hall–Kier alpha value is -0.820. The zero-order chi connectivity index (χ0) is 13.6. The van der Waals surface area contributed by atoms with Crippen molar-refractivity contribution >= 4 is 0 Å². The summed E-state index contributed by atoms with van der Waals surface area (Å²) in [6.07, 6.45) is 9.20. The van der Waals surface area contributed by atoms with Crippen molar-refractivity contribution < 1.29 is 0 Å². The molecule has 1 N–H and O–H groups in total. The molecule has 20 heavy (non-hydrogen) atoms. The van der Waals surface area contributed by atoms with Crippen LogP contribution >= 0.6 is 0 Å². The lowest BCUT2D eigenvalue weighted by Crippen LogP contribution is -2.50. The zero-order valence-electron chi connectivity index (χ0n) is 12.7. The van der Waals surface area contributed by atoms with Gasteiger partial charge in [-0.25, -0.2) is 0 Å². The van der Waals surface area contributed by atoms with Crippen LogP contribution < -0.4 is 5.32 Å². The lowest BCUT2D eigenvalue weighted by atomic mass is 9.49. The number of nitrogens with one attached hydrogen (secondary N) is 1. The molecule has 0 aliphatic heterocycles. The standard InChI is InChI=1S/C19H27N/c1-14-4-2-3-5-18(14)12-20-13-19-9-15-6-16(10-19)8-17(7-15)11-19/h2-5,15-17,20H,6-13H2,1H3. The van der Waals surface area contributed by atoms with Gasteiger partial charge in [0.15, 0.2) is 0 Å². The largest absolute Gasteiger partial charge is 0.312 e. The van der Waals surface area contributed by atoms with E-state index in [9.17, 15) is 0 Å². The highest BCUT2D eigenvalue weighted by Crippen LogP contribution is 2.59. The molecule has 108 valence electrons. The fraction of sp³-hybridized carbons (Fsp3) is 0.684. The van der Waals surface area contributed by atoms with Gasteiger partial charge in [-0.1, -0.05) is 24.3 Å². The minimum atomic E-state index is 0.664. The molecule has 0 radical (unpaired) electrons. The van der Waals surface area contributed by atoms with Crippen LogP contribution in [0.5, 0.6) is 0 Å². The van der Waals surface area contributed by atoms with E-state index in [2.05, 4.69) is 36.5 Å². The van der Waals surface area contributed by atoms with E-state index in [1.54, 1.807) is 19.3 Å². The Labute approximate surface area is 123 Å². The van der Waals surface area contributed by atoms with Crippen LogP contribution in [0.15, 0.2) is 24.3 Å². The Bertz CT molecular complexity index is 455. The summed E-state index contributed by atoms with van der Waals surface area (Å²) in [6.45, 7) is 4.53. The van der Waals surface area contributed by atoms with Crippen LogP contribution in [-0.4, -0.2) is 6.54 Å². The number of hydrogen-bond donors (Lipinski definition) is 1. The third kappa shape index (κ3) is 2.30. The molecule has 0 heterocycles. The van der Waals surface area contributed by atoms with Crippen LogP contribution in [0.25, 0.3) is 0 Å². The van der Waals surface area contributed by atoms with Gasteiger partial charge in [0.1, 0.15) is 0 Å². The summed E-state index contributed by atoms with van der Waals surface area (Å²) in [7, 11) is 0. The molecule has 1 aromatic carbocycles. The molecular weight excluding hydrogens is 242 g/mol. The summed E-state index contributed by atoms with van der Waals surface area (Å²) in [5, 5.41) is 3.80. The molecule has 4 bridgehead atoms. The first-order valence-electron chi connectivity index (χ1n) is 8.48. The minimum absolute atomic E-state index is 0.664. The summed E-state index contributed by atoms with van der Waals surface area (Å²) in [5.74, 6) is 3.21. The van der Waals surface area contributed by atoms with Crippen molar-refractivity contribution in [3.63, 3.8) is 0 Å². The van der Waals surface area contributed by atoms with Gasteiger partial charge in [0, 0.05) is 13.1 Å². The summed E-state index contributed by atoms with van der Waals surface area (Å²) in [6, 6.07) is 8.79. The van der Waals surface area contributed by atoms with E-state index >= 15 is 0 Å². The van der Waals surface area contributed by atoms with Crippen molar-refractivity contribution in [1.29, 1.82) is 0 Å². The van der Waals surface area contributed by atoms with E-state index in [4.69, 9.17) is 0 Å². The normalized spacial score (nSPS) is 38.4. The maximum absolute atomic E-state index is 3.80. The predicted octanol–water partition coefficient (Wildman–Crippen LogP) is 4.30. The third-order valence-electron chi connectivity index (χ3n) is 6.24. The minimum Gasteiger partial charge on any atom is -0.312 e. The fourth-order valence-corrected chi connectivity index (χ4v) is 5.78. The van der Waals surface area contributed by atoms with Crippen molar-refractivity contribution in [2.75, 3.05) is 6.54 Å². The monoisotopic (exact) mass is 269 g/mol. The van der Waals surface area contributed by atoms with Crippen LogP contribution in [-0.2, 0) is 6.54 Å². The second-order valence-corrected chi connectivity index (χ2v) is 7.95. The molecule has 1 nitrogen and oxygen atoms in total. The lowest BCUT2D eigenvalue weighted by molar-refractivity contribution is -0.0514. The lowest BCUT2D eigenvalue weighted by Gasteiger charge is -2.57. The number of benzene rings is 1. The molecule has 4 aliphatic carbocycles. The Morgan fingerprint density at radius 2 is 1.60 bits per heavy atom. The van der Waals surface area contributed by atoms with Gasteiger partial charge in [-0.3, -0.25) is 0 Å². The first-order valence-corrected chi connectivity index (χ1v) is 8.48. The second kappa shape index (κ2) is 4.87. The molecule has 1 aromatic rings. The average Bonchev–Trinajstić information content (AvgIpc) is 2.39. The average molecular weight is 269 g/mol. The van der Waals surface area contributed by atoms with Crippen LogP contribution in [0.1, 0.15) is 49.7 Å².